The number of quaternary nitrogens is 1. The highest BCUT2D eigenvalue weighted by Gasteiger charge is 2.17. The van der Waals surface area contributed by atoms with Crippen LogP contribution in [-0.2, 0) is 0 Å². The Morgan fingerprint density at radius 3 is 2.37 bits per heavy atom. The molecule has 3 nitrogen and oxygen atoms in total. The first-order valence-corrected chi connectivity index (χ1v) is 9.73. The van der Waals surface area contributed by atoms with E-state index in [0.29, 0.717) is 12.2 Å². The smallest absolute Gasteiger partial charge is 0.194 e. The summed E-state index contributed by atoms with van der Waals surface area (Å²) in [5, 5.41) is 1.04. The molecule has 1 heterocycles. The SMILES string of the molecule is Cc1sc2ccccc2c1C(=O)c1ccc(OCCC[N+](C)(C)C)cc1.[I-]. The number of nitrogens with zero attached hydrogens (tertiary/aromatic N) is 1. The lowest BCUT2D eigenvalue weighted by Gasteiger charge is -2.23. The molecular formula is C22H26INO2S. The van der Waals surface area contributed by atoms with E-state index in [-0.39, 0.29) is 29.8 Å². The standard InChI is InChI=1S/C22H26NO2S.HI/c1-16-21(19-8-5-6-9-20(19)26-16)22(24)17-10-12-18(13-11-17)25-15-7-14-23(2,3)4;/h5-6,8-13H,7,14-15H2,1-4H3;1H/q+1;/p-1. The van der Waals surface area contributed by atoms with Crippen LogP contribution in [0.3, 0.4) is 0 Å². The number of aryl methyl sites for hydroxylation is 1. The van der Waals surface area contributed by atoms with E-state index >= 15 is 0 Å². The van der Waals surface area contributed by atoms with E-state index in [1.807, 2.05) is 49.4 Å². The number of carbonyl (C=O) groups is 1. The number of hydrogen-bond donors (Lipinski definition) is 0. The van der Waals surface area contributed by atoms with Gasteiger partial charge in [-0.1, -0.05) is 18.2 Å². The van der Waals surface area contributed by atoms with Crippen molar-refractivity contribution in [3.8, 4) is 5.75 Å². The first kappa shape index (κ1) is 21.9. The lowest BCUT2D eigenvalue weighted by atomic mass is 10.0. The molecule has 0 N–H and O–H groups in total. The van der Waals surface area contributed by atoms with Crippen molar-refractivity contribution < 1.29 is 38.0 Å². The fourth-order valence-electron chi connectivity index (χ4n) is 3.03. The summed E-state index contributed by atoms with van der Waals surface area (Å²) < 4.78 is 7.89. The van der Waals surface area contributed by atoms with Crippen molar-refractivity contribution in [3.63, 3.8) is 0 Å². The van der Waals surface area contributed by atoms with Crippen molar-refractivity contribution in [2.45, 2.75) is 13.3 Å². The quantitative estimate of drug-likeness (QED) is 0.217. The number of halogens is 1. The molecule has 3 aromatic rings. The average molecular weight is 495 g/mol. The molecule has 0 atom stereocenters. The molecule has 0 fully saturated rings. The van der Waals surface area contributed by atoms with Crippen molar-refractivity contribution in [1.82, 2.24) is 0 Å². The number of ether oxygens (including phenoxy) is 1. The zero-order valence-electron chi connectivity index (χ0n) is 16.3. The van der Waals surface area contributed by atoms with Crippen LogP contribution >= 0.6 is 11.3 Å². The van der Waals surface area contributed by atoms with Crippen molar-refractivity contribution in [2.24, 2.45) is 0 Å². The van der Waals surface area contributed by atoms with Gasteiger partial charge in [-0.3, -0.25) is 4.79 Å². The molecule has 0 saturated heterocycles. The Balaban J connectivity index is 0.00000261. The van der Waals surface area contributed by atoms with Gasteiger partial charge in [0.2, 0.25) is 0 Å². The summed E-state index contributed by atoms with van der Waals surface area (Å²) in [5.74, 6) is 0.895. The van der Waals surface area contributed by atoms with E-state index in [4.69, 9.17) is 4.74 Å². The minimum atomic E-state index is 0. The second-order valence-corrected chi connectivity index (χ2v) is 8.86. The molecule has 1 aromatic heterocycles. The largest absolute Gasteiger partial charge is 1.00 e. The third-order valence-electron chi connectivity index (χ3n) is 4.36. The summed E-state index contributed by atoms with van der Waals surface area (Å²) in [5.41, 5.74) is 1.53. The molecule has 0 aliphatic heterocycles. The van der Waals surface area contributed by atoms with Gasteiger partial charge in [0, 0.05) is 32.5 Å². The van der Waals surface area contributed by atoms with Gasteiger partial charge in [0.1, 0.15) is 5.75 Å². The highest BCUT2D eigenvalue weighted by atomic mass is 127. The number of carbonyl (C=O) groups excluding carboxylic acids is 1. The Bertz CT molecular complexity index is 910. The van der Waals surface area contributed by atoms with Crippen LogP contribution in [0, 0.1) is 6.92 Å². The third-order valence-corrected chi connectivity index (χ3v) is 5.44. The molecule has 0 radical (unpaired) electrons. The van der Waals surface area contributed by atoms with Gasteiger partial charge in [-0.15, -0.1) is 11.3 Å². The maximum absolute atomic E-state index is 13.0. The Hall–Kier alpha value is -1.44. The number of fused-ring (bicyclic) bond motifs is 1. The number of ketones is 1. The van der Waals surface area contributed by atoms with Crippen LogP contribution < -0.4 is 28.7 Å². The molecule has 0 bridgehead atoms. The summed E-state index contributed by atoms with van der Waals surface area (Å²) in [4.78, 5) is 14.1. The minimum absolute atomic E-state index is 0. The molecule has 0 amide bonds. The predicted molar refractivity (Wildman–Crippen MR) is 109 cm³/mol. The molecule has 144 valence electrons. The fourth-order valence-corrected chi connectivity index (χ4v) is 4.09. The second kappa shape index (κ2) is 9.17. The Labute approximate surface area is 182 Å². The molecule has 3 rings (SSSR count). The van der Waals surface area contributed by atoms with Crippen LogP contribution in [0.2, 0.25) is 0 Å². The van der Waals surface area contributed by atoms with Crippen LogP contribution in [0.25, 0.3) is 10.1 Å². The van der Waals surface area contributed by atoms with Gasteiger partial charge >= 0.3 is 0 Å². The Morgan fingerprint density at radius 1 is 1.04 bits per heavy atom. The summed E-state index contributed by atoms with van der Waals surface area (Å²) in [7, 11) is 6.53. The van der Waals surface area contributed by atoms with Gasteiger partial charge in [0.05, 0.1) is 34.3 Å². The van der Waals surface area contributed by atoms with Gasteiger partial charge in [-0.25, -0.2) is 0 Å². The first-order valence-electron chi connectivity index (χ1n) is 8.91. The van der Waals surface area contributed by atoms with Crippen molar-refractivity contribution in [2.75, 3.05) is 34.3 Å². The van der Waals surface area contributed by atoms with E-state index in [2.05, 4.69) is 27.2 Å². The van der Waals surface area contributed by atoms with Crippen molar-refractivity contribution in [1.29, 1.82) is 0 Å². The summed E-state index contributed by atoms with van der Waals surface area (Å²) >= 11 is 1.67. The van der Waals surface area contributed by atoms with Crippen molar-refractivity contribution in [3.05, 3.63) is 64.5 Å². The Morgan fingerprint density at radius 2 is 1.70 bits per heavy atom. The molecule has 0 spiro atoms. The van der Waals surface area contributed by atoms with E-state index in [1.165, 1.54) is 0 Å². The normalized spacial score (nSPS) is 11.3. The fraction of sp³-hybridized carbons (Fsp3) is 0.318. The zero-order chi connectivity index (χ0) is 18.7. The zero-order valence-corrected chi connectivity index (χ0v) is 19.3. The Kier molecular flexibility index (Phi) is 7.42. The van der Waals surface area contributed by atoms with Crippen LogP contribution in [0.15, 0.2) is 48.5 Å². The molecule has 27 heavy (non-hydrogen) atoms. The monoisotopic (exact) mass is 495 g/mol. The first-order chi connectivity index (χ1) is 12.3. The number of benzene rings is 2. The van der Waals surface area contributed by atoms with Crippen LogP contribution in [0.4, 0.5) is 0 Å². The molecular weight excluding hydrogens is 469 g/mol. The number of thiophene rings is 1. The molecule has 0 unspecified atom stereocenters. The lowest BCUT2D eigenvalue weighted by molar-refractivity contribution is -0.870. The lowest BCUT2D eigenvalue weighted by Crippen LogP contribution is -3.00. The highest BCUT2D eigenvalue weighted by Crippen LogP contribution is 2.32. The second-order valence-electron chi connectivity index (χ2n) is 7.60. The molecule has 0 aliphatic rings. The maximum atomic E-state index is 13.0. The highest BCUT2D eigenvalue weighted by molar-refractivity contribution is 7.19. The number of hydrogen-bond acceptors (Lipinski definition) is 3. The molecule has 0 aliphatic carbocycles. The topological polar surface area (TPSA) is 26.3 Å². The summed E-state index contributed by atoms with van der Waals surface area (Å²) in [6.45, 7) is 3.78. The van der Waals surface area contributed by atoms with Gasteiger partial charge in [-0.05, 0) is 37.3 Å². The predicted octanol–water partition coefficient (Wildman–Crippen LogP) is 1.92. The van der Waals surface area contributed by atoms with Crippen LogP contribution in [-0.4, -0.2) is 44.6 Å². The van der Waals surface area contributed by atoms with E-state index in [9.17, 15) is 4.79 Å². The molecule has 0 saturated carbocycles. The van der Waals surface area contributed by atoms with Gasteiger partial charge in [0.15, 0.2) is 5.78 Å². The van der Waals surface area contributed by atoms with Crippen LogP contribution in [0.1, 0.15) is 27.2 Å². The van der Waals surface area contributed by atoms with Crippen LogP contribution in [0.5, 0.6) is 5.75 Å². The average Bonchev–Trinajstić information content (AvgIpc) is 2.93. The van der Waals surface area contributed by atoms with E-state index < -0.39 is 0 Å². The summed E-state index contributed by atoms with van der Waals surface area (Å²) in [6.07, 6.45) is 1.00. The number of rotatable bonds is 7. The van der Waals surface area contributed by atoms with E-state index in [1.54, 1.807) is 11.3 Å². The minimum Gasteiger partial charge on any atom is -1.00 e. The maximum Gasteiger partial charge on any atom is 0.194 e. The van der Waals surface area contributed by atoms with Crippen molar-refractivity contribution >= 4 is 27.2 Å². The van der Waals surface area contributed by atoms with Gasteiger partial charge in [-0.2, -0.15) is 0 Å². The molecule has 5 heteroatoms. The van der Waals surface area contributed by atoms with Gasteiger partial charge < -0.3 is 33.2 Å². The molecule has 2 aromatic carbocycles. The van der Waals surface area contributed by atoms with Gasteiger partial charge in [0.25, 0.3) is 0 Å². The van der Waals surface area contributed by atoms with E-state index in [0.717, 1.165) is 43.7 Å². The summed E-state index contributed by atoms with van der Waals surface area (Å²) in [6, 6.07) is 15.6. The third kappa shape index (κ3) is 5.53.